The van der Waals surface area contributed by atoms with Crippen molar-refractivity contribution in [3.05, 3.63) is 28.2 Å². The zero-order valence-electron chi connectivity index (χ0n) is 12.4. The minimum Gasteiger partial charge on any atom is -0.487 e. The van der Waals surface area contributed by atoms with Crippen molar-refractivity contribution in [2.75, 3.05) is 0 Å². The molecule has 3 heteroatoms. The lowest BCUT2D eigenvalue weighted by Crippen LogP contribution is -2.49. The fourth-order valence-electron chi connectivity index (χ4n) is 4.51. The average molecular weight is 339 g/mol. The molecule has 0 radical (unpaired) electrons. The molecule has 1 aliphatic carbocycles. The zero-order chi connectivity index (χ0) is 14.5. The van der Waals surface area contributed by atoms with Crippen LogP contribution in [-0.4, -0.2) is 10.7 Å². The van der Waals surface area contributed by atoms with Crippen LogP contribution >= 0.6 is 15.9 Å². The molecule has 0 amide bonds. The van der Waals surface area contributed by atoms with Crippen molar-refractivity contribution in [2.24, 2.45) is 11.3 Å². The highest BCUT2D eigenvalue weighted by atomic mass is 79.9. The van der Waals surface area contributed by atoms with Gasteiger partial charge in [-0.25, -0.2) is 0 Å². The summed E-state index contributed by atoms with van der Waals surface area (Å²) in [5.41, 5.74) is 1.00. The molecule has 2 nitrogen and oxygen atoms in total. The third-order valence-corrected chi connectivity index (χ3v) is 5.14. The molecular weight excluding hydrogens is 316 g/mol. The zero-order valence-corrected chi connectivity index (χ0v) is 14.0. The molecule has 1 spiro atoms. The Morgan fingerprint density at radius 3 is 2.70 bits per heavy atom. The predicted molar refractivity (Wildman–Crippen MR) is 83.9 cm³/mol. The van der Waals surface area contributed by atoms with Gasteiger partial charge in [-0.1, -0.05) is 42.8 Å². The molecule has 0 saturated heterocycles. The smallest absolute Gasteiger partial charge is 0.127 e. The van der Waals surface area contributed by atoms with Gasteiger partial charge in [0.25, 0.3) is 0 Å². The monoisotopic (exact) mass is 338 g/mol. The van der Waals surface area contributed by atoms with Crippen molar-refractivity contribution in [1.82, 2.24) is 0 Å². The molecule has 1 aromatic rings. The van der Waals surface area contributed by atoms with Crippen molar-refractivity contribution in [1.29, 1.82) is 0 Å². The van der Waals surface area contributed by atoms with Gasteiger partial charge in [-0.2, -0.15) is 0 Å². The number of aliphatic hydroxyl groups excluding tert-OH is 1. The number of rotatable bonds is 0. The summed E-state index contributed by atoms with van der Waals surface area (Å²) in [6, 6.07) is 5.93. The number of hydrogen-bond donors (Lipinski definition) is 1. The average Bonchev–Trinajstić information content (AvgIpc) is 2.23. The van der Waals surface area contributed by atoms with Gasteiger partial charge >= 0.3 is 0 Å². The van der Waals surface area contributed by atoms with E-state index < -0.39 is 6.10 Å². The molecule has 2 unspecified atom stereocenters. The van der Waals surface area contributed by atoms with Crippen molar-refractivity contribution in [3.8, 4) is 5.75 Å². The molecule has 20 heavy (non-hydrogen) atoms. The molecule has 1 heterocycles. The van der Waals surface area contributed by atoms with E-state index in [0.717, 1.165) is 35.0 Å². The van der Waals surface area contributed by atoms with E-state index in [1.54, 1.807) is 0 Å². The number of aliphatic hydroxyl groups is 1. The highest BCUT2D eigenvalue weighted by Gasteiger charge is 2.48. The van der Waals surface area contributed by atoms with E-state index in [-0.39, 0.29) is 11.0 Å². The minimum absolute atomic E-state index is 0.200. The lowest BCUT2D eigenvalue weighted by atomic mass is 9.63. The number of ether oxygens (including phenoxy) is 1. The van der Waals surface area contributed by atoms with E-state index in [9.17, 15) is 5.11 Å². The van der Waals surface area contributed by atoms with E-state index in [2.05, 4.69) is 36.7 Å². The molecule has 3 atom stereocenters. The quantitative estimate of drug-likeness (QED) is 0.732. The number of halogens is 1. The van der Waals surface area contributed by atoms with Crippen molar-refractivity contribution < 1.29 is 9.84 Å². The molecule has 1 aliphatic heterocycles. The Bertz CT molecular complexity index is 526. The molecule has 1 saturated carbocycles. The first-order valence-electron chi connectivity index (χ1n) is 7.45. The molecule has 110 valence electrons. The normalized spacial score (nSPS) is 35.5. The lowest BCUT2D eigenvalue weighted by molar-refractivity contribution is -0.0822. The molecule has 1 aromatic carbocycles. The second-order valence-corrected chi connectivity index (χ2v) is 8.46. The van der Waals surface area contributed by atoms with Crippen LogP contribution in [0.25, 0.3) is 0 Å². The first kappa shape index (κ1) is 14.4. The largest absolute Gasteiger partial charge is 0.487 e. The fourth-order valence-corrected chi connectivity index (χ4v) is 4.85. The van der Waals surface area contributed by atoms with Crippen LogP contribution in [0.5, 0.6) is 5.75 Å². The summed E-state index contributed by atoms with van der Waals surface area (Å²) in [5, 5.41) is 10.5. The molecule has 0 aromatic heterocycles. The van der Waals surface area contributed by atoms with Crippen molar-refractivity contribution in [2.45, 2.75) is 58.2 Å². The minimum atomic E-state index is -0.409. The summed E-state index contributed by atoms with van der Waals surface area (Å²) in [6.07, 6.45) is 3.61. The Morgan fingerprint density at radius 2 is 2.00 bits per heavy atom. The van der Waals surface area contributed by atoms with Crippen molar-refractivity contribution in [3.63, 3.8) is 0 Å². The molecule has 2 aliphatic rings. The highest BCUT2D eigenvalue weighted by molar-refractivity contribution is 9.10. The predicted octanol–water partition coefficient (Wildman–Crippen LogP) is 4.85. The van der Waals surface area contributed by atoms with E-state index in [1.807, 2.05) is 18.2 Å². The second-order valence-electron chi connectivity index (χ2n) is 7.54. The molecule has 0 bridgehead atoms. The van der Waals surface area contributed by atoms with Crippen LogP contribution < -0.4 is 4.74 Å². The topological polar surface area (TPSA) is 29.5 Å². The third-order valence-electron chi connectivity index (χ3n) is 4.65. The maximum Gasteiger partial charge on any atom is 0.127 e. The Hall–Kier alpha value is -0.540. The van der Waals surface area contributed by atoms with Crippen LogP contribution in [0.15, 0.2) is 22.7 Å². The van der Waals surface area contributed by atoms with Gasteiger partial charge in [-0.15, -0.1) is 0 Å². The Morgan fingerprint density at radius 1 is 1.25 bits per heavy atom. The van der Waals surface area contributed by atoms with E-state index in [1.165, 1.54) is 6.42 Å². The lowest BCUT2D eigenvalue weighted by Gasteiger charge is -2.50. The van der Waals surface area contributed by atoms with Gasteiger partial charge < -0.3 is 9.84 Å². The van der Waals surface area contributed by atoms with Crippen LogP contribution in [-0.2, 0) is 0 Å². The molecule has 1 fully saturated rings. The molecular formula is C17H23BrO2. The van der Waals surface area contributed by atoms with E-state index in [4.69, 9.17) is 4.74 Å². The molecule has 1 N–H and O–H groups in total. The first-order chi connectivity index (χ1) is 9.29. The van der Waals surface area contributed by atoms with Gasteiger partial charge in [0.2, 0.25) is 0 Å². The first-order valence-corrected chi connectivity index (χ1v) is 8.24. The van der Waals surface area contributed by atoms with Crippen molar-refractivity contribution >= 4 is 15.9 Å². The number of benzene rings is 1. The maximum atomic E-state index is 10.5. The standard InChI is InChI=1S/C17H23BrO2/c1-11-7-16(2,3)10-17(8-11)9-14(19)13-5-4-12(18)6-15(13)20-17/h4-6,11,14,19H,7-10H2,1-3H3/t11?,14-,17?/m1/s1. The van der Waals surface area contributed by atoms with Gasteiger partial charge in [-0.3, -0.25) is 0 Å². The van der Waals surface area contributed by atoms with E-state index >= 15 is 0 Å². The number of fused-ring (bicyclic) bond motifs is 1. The number of hydrogen-bond acceptors (Lipinski definition) is 2. The summed E-state index contributed by atoms with van der Waals surface area (Å²) < 4.78 is 7.43. The van der Waals surface area contributed by atoms with Gasteiger partial charge in [0.05, 0.1) is 6.10 Å². The summed E-state index contributed by atoms with van der Waals surface area (Å²) in [6.45, 7) is 6.93. The van der Waals surface area contributed by atoms with Crippen LogP contribution in [0.4, 0.5) is 0 Å². The summed E-state index contributed by atoms with van der Waals surface area (Å²) >= 11 is 3.50. The second kappa shape index (κ2) is 4.74. The summed E-state index contributed by atoms with van der Waals surface area (Å²) in [5.74, 6) is 1.49. The Labute approximate surface area is 129 Å². The Balaban J connectivity index is 1.97. The maximum absolute atomic E-state index is 10.5. The van der Waals surface area contributed by atoms with Gasteiger partial charge in [-0.05, 0) is 42.7 Å². The van der Waals surface area contributed by atoms with Gasteiger partial charge in [0, 0.05) is 16.5 Å². The SMILES string of the molecule is CC1CC(C)(C)CC2(C1)C[C@@H](O)c1ccc(Br)cc1O2. The highest BCUT2D eigenvalue weighted by Crippen LogP contribution is 2.52. The van der Waals surface area contributed by atoms with E-state index in [0.29, 0.717) is 5.92 Å². The Kier molecular flexibility index (Phi) is 3.41. The van der Waals surface area contributed by atoms with Crippen LogP contribution in [0, 0.1) is 11.3 Å². The van der Waals surface area contributed by atoms with Gasteiger partial charge in [0.15, 0.2) is 0 Å². The summed E-state index contributed by atoms with van der Waals surface area (Å²) in [4.78, 5) is 0. The van der Waals surface area contributed by atoms with Gasteiger partial charge in [0.1, 0.15) is 11.4 Å². The third kappa shape index (κ3) is 2.62. The van der Waals surface area contributed by atoms with Crippen LogP contribution in [0.2, 0.25) is 0 Å². The van der Waals surface area contributed by atoms with Crippen LogP contribution in [0.3, 0.4) is 0 Å². The molecule has 3 rings (SSSR count). The van der Waals surface area contributed by atoms with Crippen LogP contribution in [0.1, 0.15) is 58.1 Å². The summed E-state index contributed by atoms with van der Waals surface area (Å²) in [7, 11) is 0. The fraction of sp³-hybridized carbons (Fsp3) is 0.647.